The first-order valence-corrected chi connectivity index (χ1v) is 5.44. The van der Waals surface area contributed by atoms with E-state index in [2.05, 4.69) is 10.2 Å². The van der Waals surface area contributed by atoms with Crippen molar-refractivity contribution < 1.29 is 4.74 Å². The van der Waals surface area contributed by atoms with Crippen molar-refractivity contribution in [3.8, 4) is 5.75 Å². The molecule has 0 aliphatic heterocycles. The van der Waals surface area contributed by atoms with Crippen molar-refractivity contribution in [3.63, 3.8) is 0 Å². The molecule has 0 atom stereocenters. The van der Waals surface area contributed by atoms with Crippen molar-refractivity contribution in [1.29, 1.82) is 0 Å². The number of hydrogen-bond donors (Lipinski definition) is 0. The Morgan fingerprint density at radius 2 is 2.00 bits per heavy atom. The Balaban J connectivity index is 2.67. The van der Waals surface area contributed by atoms with Crippen LogP contribution in [0, 0.1) is 6.92 Å². The lowest BCUT2D eigenvalue weighted by atomic mass is 10.2. The lowest BCUT2D eigenvalue weighted by Gasteiger charge is -2.03. The highest BCUT2D eigenvalue weighted by Gasteiger charge is 1.96. The highest BCUT2D eigenvalue weighted by Crippen LogP contribution is 2.12. The van der Waals surface area contributed by atoms with Crippen LogP contribution in [-0.4, -0.2) is 11.6 Å². The van der Waals surface area contributed by atoms with Crippen LogP contribution < -0.4 is 4.74 Å². The maximum absolute atomic E-state index is 5.53. The Bertz CT molecular complexity index is 408. The molecule has 0 spiro atoms. The standard InChI is InChI=1S/C13H18N2O/c1-5-11(3)14-15-12(4)16-13-8-6-7-10(2)9-13/h6-9H,5H2,1-4H3/b14-11+,15-12+. The van der Waals surface area contributed by atoms with Gasteiger partial charge in [-0.05, 0) is 38.0 Å². The fraction of sp³-hybridized carbons (Fsp3) is 0.385. The van der Waals surface area contributed by atoms with Crippen LogP contribution in [0.3, 0.4) is 0 Å². The molecule has 0 unspecified atom stereocenters. The summed E-state index contributed by atoms with van der Waals surface area (Å²) in [5.41, 5.74) is 2.16. The second-order valence-corrected chi connectivity index (χ2v) is 3.73. The van der Waals surface area contributed by atoms with Gasteiger partial charge in [-0.15, -0.1) is 5.10 Å². The summed E-state index contributed by atoms with van der Waals surface area (Å²) in [5, 5.41) is 8.04. The first-order valence-electron chi connectivity index (χ1n) is 5.44. The van der Waals surface area contributed by atoms with Crippen LogP contribution in [0.4, 0.5) is 0 Å². The van der Waals surface area contributed by atoms with E-state index in [0.717, 1.165) is 17.9 Å². The minimum Gasteiger partial charge on any atom is -0.442 e. The molecule has 86 valence electrons. The lowest BCUT2D eigenvalue weighted by Crippen LogP contribution is -2.02. The maximum atomic E-state index is 5.53. The van der Waals surface area contributed by atoms with Gasteiger partial charge in [0, 0.05) is 12.6 Å². The van der Waals surface area contributed by atoms with Crippen molar-refractivity contribution in [2.45, 2.75) is 34.1 Å². The summed E-state index contributed by atoms with van der Waals surface area (Å²) in [6.45, 7) is 7.82. The predicted molar refractivity (Wildman–Crippen MR) is 68.3 cm³/mol. The maximum Gasteiger partial charge on any atom is 0.211 e. The van der Waals surface area contributed by atoms with Gasteiger partial charge in [0.15, 0.2) is 0 Å². The molecular weight excluding hydrogens is 200 g/mol. The van der Waals surface area contributed by atoms with Gasteiger partial charge in [-0.2, -0.15) is 5.10 Å². The Labute approximate surface area is 96.9 Å². The molecule has 0 amide bonds. The Kier molecular flexibility index (Phi) is 4.70. The molecule has 1 aromatic rings. The van der Waals surface area contributed by atoms with E-state index in [1.165, 1.54) is 5.56 Å². The topological polar surface area (TPSA) is 34.0 Å². The smallest absolute Gasteiger partial charge is 0.211 e. The molecule has 0 heterocycles. The highest BCUT2D eigenvalue weighted by molar-refractivity contribution is 5.83. The first-order chi connectivity index (χ1) is 7.61. The van der Waals surface area contributed by atoms with Gasteiger partial charge in [-0.3, -0.25) is 0 Å². The van der Waals surface area contributed by atoms with E-state index >= 15 is 0 Å². The number of rotatable bonds is 3. The molecule has 16 heavy (non-hydrogen) atoms. The van der Waals surface area contributed by atoms with Crippen LogP contribution in [0.15, 0.2) is 34.5 Å². The Morgan fingerprint density at radius 3 is 2.62 bits per heavy atom. The normalized spacial score (nSPS) is 12.8. The third-order valence-corrected chi connectivity index (χ3v) is 2.13. The van der Waals surface area contributed by atoms with Crippen LogP contribution >= 0.6 is 0 Å². The van der Waals surface area contributed by atoms with Crippen LogP contribution in [0.1, 0.15) is 32.8 Å². The summed E-state index contributed by atoms with van der Waals surface area (Å²) in [6.07, 6.45) is 0.904. The second kappa shape index (κ2) is 6.05. The van der Waals surface area contributed by atoms with E-state index in [9.17, 15) is 0 Å². The van der Waals surface area contributed by atoms with Crippen LogP contribution in [0.25, 0.3) is 0 Å². The predicted octanol–water partition coefficient (Wildman–Crippen LogP) is 3.58. The summed E-state index contributed by atoms with van der Waals surface area (Å²) >= 11 is 0. The summed E-state index contributed by atoms with van der Waals surface area (Å²) in [5.74, 6) is 1.35. The number of benzene rings is 1. The van der Waals surface area contributed by atoms with Gasteiger partial charge in [0.25, 0.3) is 0 Å². The number of ether oxygens (including phenoxy) is 1. The van der Waals surface area contributed by atoms with E-state index in [1.54, 1.807) is 6.92 Å². The zero-order valence-corrected chi connectivity index (χ0v) is 10.3. The van der Waals surface area contributed by atoms with Crippen LogP contribution in [0.2, 0.25) is 0 Å². The molecule has 0 saturated carbocycles. The van der Waals surface area contributed by atoms with E-state index in [1.807, 2.05) is 45.0 Å². The first kappa shape index (κ1) is 12.4. The monoisotopic (exact) mass is 218 g/mol. The van der Waals surface area contributed by atoms with Crippen molar-refractivity contribution in [2.75, 3.05) is 0 Å². The van der Waals surface area contributed by atoms with Gasteiger partial charge in [0.1, 0.15) is 5.75 Å². The molecule has 0 radical (unpaired) electrons. The van der Waals surface area contributed by atoms with E-state index in [0.29, 0.717) is 5.90 Å². The van der Waals surface area contributed by atoms with Gasteiger partial charge in [0.2, 0.25) is 5.90 Å². The summed E-state index contributed by atoms with van der Waals surface area (Å²) < 4.78 is 5.53. The molecular formula is C13H18N2O. The van der Waals surface area contributed by atoms with E-state index in [-0.39, 0.29) is 0 Å². The minimum atomic E-state index is 0.554. The third kappa shape index (κ3) is 4.26. The molecule has 1 aromatic carbocycles. The zero-order chi connectivity index (χ0) is 12.0. The summed E-state index contributed by atoms with van der Waals surface area (Å²) in [6, 6.07) is 7.86. The van der Waals surface area contributed by atoms with Crippen molar-refractivity contribution >= 4 is 11.6 Å². The van der Waals surface area contributed by atoms with Gasteiger partial charge in [0.05, 0.1) is 0 Å². The van der Waals surface area contributed by atoms with E-state index < -0.39 is 0 Å². The SMILES string of the molecule is CC/C(C)=N/N=C(\C)Oc1cccc(C)c1. The molecule has 0 aromatic heterocycles. The van der Waals surface area contributed by atoms with Gasteiger partial charge in [-0.1, -0.05) is 19.1 Å². The van der Waals surface area contributed by atoms with Crippen LogP contribution in [-0.2, 0) is 0 Å². The molecule has 3 heteroatoms. The number of nitrogens with zero attached hydrogens (tertiary/aromatic N) is 2. The fourth-order valence-corrected chi connectivity index (χ4v) is 1.10. The van der Waals surface area contributed by atoms with Crippen molar-refractivity contribution in [3.05, 3.63) is 29.8 Å². The van der Waals surface area contributed by atoms with Gasteiger partial charge in [-0.25, -0.2) is 0 Å². The fourth-order valence-electron chi connectivity index (χ4n) is 1.10. The largest absolute Gasteiger partial charge is 0.442 e. The number of aryl methyl sites for hydroxylation is 1. The number of hydrogen-bond acceptors (Lipinski definition) is 3. The minimum absolute atomic E-state index is 0.554. The Hall–Kier alpha value is -1.64. The molecule has 0 saturated heterocycles. The molecule has 0 aliphatic carbocycles. The molecule has 0 bridgehead atoms. The average molecular weight is 218 g/mol. The van der Waals surface area contributed by atoms with Gasteiger partial charge >= 0.3 is 0 Å². The highest BCUT2D eigenvalue weighted by atomic mass is 16.5. The van der Waals surface area contributed by atoms with Crippen molar-refractivity contribution in [1.82, 2.24) is 0 Å². The molecule has 0 N–H and O–H groups in total. The summed E-state index contributed by atoms with van der Waals surface area (Å²) in [7, 11) is 0. The van der Waals surface area contributed by atoms with Gasteiger partial charge < -0.3 is 4.74 Å². The molecule has 0 aliphatic rings. The van der Waals surface area contributed by atoms with Crippen LogP contribution in [0.5, 0.6) is 5.75 Å². The second-order valence-electron chi connectivity index (χ2n) is 3.73. The lowest BCUT2D eigenvalue weighted by molar-refractivity contribution is 0.543. The molecule has 0 fully saturated rings. The molecule has 1 rings (SSSR count). The average Bonchev–Trinajstić information content (AvgIpc) is 2.26. The summed E-state index contributed by atoms with van der Waals surface area (Å²) in [4.78, 5) is 0. The van der Waals surface area contributed by atoms with Crippen molar-refractivity contribution in [2.24, 2.45) is 10.2 Å². The molecule has 3 nitrogen and oxygen atoms in total. The third-order valence-electron chi connectivity index (χ3n) is 2.13. The quantitative estimate of drug-likeness (QED) is 0.433. The zero-order valence-electron chi connectivity index (χ0n) is 10.3. The Morgan fingerprint density at radius 1 is 1.25 bits per heavy atom. The van der Waals surface area contributed by atoms with E-state index in [4.69, 9.17) is 4.74 Å².